The molecule has 1 aliphatic rings. The summed E-state index contributed by atoms with van der Waals surface area (Å²) in [5.41, 5.74) is 1.07. The van der Waals surface area contributed by atoms with Crippen LogP contribution in [0, 0.1) is 0 Å². The number of carbonyl (C=O) groups excluding carboxylic acids is 1. The van der Waals surface area contributed by atoms with E-state index in [1.165, 1.54) is 0 Å². The van der Waals surface area contributed by atoms with Crippen molar-refractivity contribution in [2.24, 2.45) is 0 Å². The van der Waals surface area contributed by atoms with Gasteiger partial charge in [-0.15, -0.1) is 0 Å². The molecule has 2 atom stereocenters. The van der Waals surface area contributed by atoms with Crippen molar-refractivity contribution in [2.75, 3.05) is 27.3 Å². The molecule has 2 rings (SSSR count). The number of ether oxygens (including phenoxy) is 2. The summed E-state index contributed by atoms with van der Waals surface area (Å²) in [4.78, 5) is 12.0. The number of piperidine rings is 1. The number of hydrogen-bond donors (Lipinski definition) is 2. The van der Waals surface area contributed by atoms with Gasteiger partial charge in [0.05, 0.1) is 20.3 Å². The molecule has 0 aromatic heterocycles. The molecule has 1 aromatic rings. The Balaban J connectivity index is 2.23. The van der Waals surface area contributed by atoms with Gasteiger partial charge < -0.3 is 20.1 Å². The fourth-order valence-electron chi connectivity index (χ4n) is 2.96. The van der Waals surface area contributed by atoms with Gasteiger partial charge in [-0.1, -0.05) is 6.07 Å². The average Bonchev–Trinajstić information content (AvgIpc) is 2.54. The second-order valence-corrected chi connectivity index (χ2v) is 5.20. The highest BCUT2D eigenvalue weighted by molar-refractivity contribution is 5.82. The third-order valence-corrected chi connectivity index (χ3v) is 3.95. The summed E-state index contributed by atoms with van der Waals surface area (Å²) in [6.07, 6.45) is 1.72. The molecule has 1 saturated heterocycles. The number of likely N-dealkylation sites (N-methyl/N-ethyl adjacent to an activating group) is 1. The maximum atomic E-state index is 12.0. The minimum atomic E-state index is -0.154. The first kappa shape index (κ1) is 15.6. The van der Waals surface area contributed by atoms with Crippen LogP contribution in [0.5, 0.6) is 11.5 Å². The Morgan fingerprint density at radius 2 is 2.00 bits per heavy atom. The topological polar surface area (TPSA) is 59.6 Å². The van der Waals surface area contributed by atoms with E-state index >= 15 is 0 Å². The summed E-state index contributed by atoms with van der Waals surface area (Å²) >= 11 is 0. The Labute approximate surface area is 126 Å². The molecule has 0 aliphatic carbocycles. The number of benzene rings is 1. The molecular formula is C16H24N2O3. The molecule has 1 amide bonds. The number of nitrogens with one attached hydrogen (secondary N) is 2. The van der Waals surface area contributed by atoms with E-state index in [1.54, 1.807) is 14.2 Å². The van der Waals surface area contributed by atoms with Crippen molar-refractivity contribution in [3.05, 3.63) is 23.8 Å². The monoisotopic (exact) mass is 292 g/mol. The van der Waals surface area contributed by atoms with Gasteiger partial charge in [0.1, 0.15) is 11.5 Å². The molecule has 1 fully saturated rings. The fraction of sp³-hybridized carbons (Fsp3) is 0.562. The maximum absolute atomic E-state index is 12.0. The first-order valence-electron chi connectivity index (χ1n) is 7.43. The number of rotatable bonds is 5. The Kier molecular flexibility index (Phi) is 5.44. The molecule has 5 heteroatoms. The van der Waals surface area contributed by atoms with Crippen LogP contribution in [0.2, 0.25) is 0 Å². The Morgan fingerprint density at radius 1 is 1.33 bits per heavy atom. The maximum Gasteiger partial charge on any atom is 0.237 e. The second kappa shape index (κ2) is 7.31. The van der Waals surface area contributed by atoms with E-state index < -0.39 is 0 Å². The van der Waals surface area contributed by atoms with Crippen LogP contribution in [0.3, 0.4) is 0 Å². The zero-order chi connectivity index (χ0) is 15.2. The van der Waals surface area contributed by atoms with E-state index in [0.717, 1.165) is 36.4 Å². The smallest absolute Gasteiger partial charge is 0.237 e. The molecule has 1 heterocycles. The van der Waals surface area contributed by atoms with Crippen LogP contribution < -0.4 is 20.1 Å². The van der Waals surface area contributed by atoms with Crippen molar-refractivity contribution in [1.82, 2.24) is 10.6 Å². The van der Waals surface area contributed by atoms with Crippen LogP contribution in [0.1, 0.15) is 31.2 Å². The van der Waals surface area contributed by atoms with E-state index in [4.69, 9.17) is 9.47 Å². The molecule has 21 heavy (non-hydrogen) atoms. The van der Waals surface area contributed by atoms with Crippen LogP contribution in [-0.4, -0.2) is 39.3 Å². The van der Waals surface area contributed by atoms with Crippen LogP contribution in [0.15, 0.2) is 18.2 Å². The van der Waals surface area contributed by atoms with Crippen molar-refractivity contribution in [3.8, 4) is 11.5 Å². The van der Waals surface area contributed by atoms with Crippen molar-refractivity contribution in [2.45, 2.75) is 31.7 Å². The number of methoxy groups -OCH3 is 2. The highest BCUT2D eigenvalue weighted by Crippen LogP contribution is 2.40. The van der Waals surface area contributed by atoms with Crippen LogP contribution in [-0.2, 0) is 4.79 Å². The van der Waals surface area contributed by atoms with Crippen LogP contribution in [0.25, 0.3) is 0 Å². The summed E-state index contributed by atoms with van der Waals surface area (Å²) < 4.78 is 11.0. The zero-order valence-corrected chi connectivity index (χ0v) is 12.9. The highest BCUT2D eigenvalue weighted by Gasteiger charge is 2.30. The van der Waals surface area contributed by atoms with Crippen LogP contribution >= 0.6 is 0 Å². The Hall–Kier alpha value is -1.75. The predicted octanol–water partition coefficient (Wildman–Crippen LogP) is 1.68. The first-order valence-corrected chi connectivity index (χ1v) is 7.43. The molecule has 1 aromatic carbocycles. The number of carbonyl (C=O) groups is 1. The fourth-order valence-corrected chi connectivity index (χ4v) is 2.96. The van der Waals surface area contributed by atoms with Gasteiger partial charge in [-0.25, -0.2) is 0 Å². The molecule has 2 unspecified atom stereocenters. The third-order valence-electron chi connectivity index (χ3n) is 3.95. The molecule has 2 N–H and O–H groups in total. The lowest BCUT2D eigenvalue weighted by Gasteiger charge is -2.31. The standard InChI is InChI=1S/C16H24N2O3/c1-4-17-16(19)12-10-11(8-9-18-12)15-13(20-2)6-5-7-14(15)21-3/h5-7,11-12,18H,4,8-10H2,1-3H3,(H,17,19). The lowest BCUT2D eigenvalue weighted by molar-refractivity contribution is -0.123. The van der Waals surface area contributed by atoms with Gasteiger partial charge in [0, 0.05) is 12.1 Å². The molecular weight excluding hydrogens is 268 g/mol. The van der Waals surface area contributed by atoms with Crippen molar-refractivity contribution < 1.29 is 14.3 Å². The Bertz CT molecular complexity index is 468. The summed E-state index contributed by atoms with van der Waals surface area (Å²) in [5.74, 6) is 1.98. The number of amides is 1. The molecule has 0 saturated carbocycles. The molecule has 1 aliphatic heterocycles. The van der Waals surface area contributed by atoms with Crippen molar-refractivity contribution >= 4 is 5.91 Å². The summed E-state index contributed by atoms with van der Waals surface area (Å²) in [6.45, 7) is 3.40. The van der Waals surface area contributed by atoms with Crippen molar-refractivity contribution in [1.29, 1.82) is 0 Å². The van der Waals surface area contributed by atoms with Gasteiger partial charge in [0.15, 0.2) is 0 Å². The second-order valence-electron chi connectivity index (χ2n) is 5.20. The quantitative estimate of drug-likeness (QED) is 0.867. The molecule has 116 valence electrons. The van der Waals surface area contributed by atoms with E-state index in [-0.39, 0.29) is 17.9 Å². The van der Waals surface area contributed by atoms with Gasteiger partial charge in [-0.3, -0.25) is 4.79 Å². The lowest BCUT2D eigenvalue weighted by atomic mass is 9.85. The normalized spacial score (nSPS) is 21.7. The average molecular weight is 292 g/mol. The van der Waals surface area contributed by atoms with Gasteiger partial charge in [-0.05, 0) is 44.4 Å². The largest absolute Gasteiger partial charge is 0.496 e. The van der Waals surface area contributed by atoms with E-state index in [2.05, 4.69) is 10.6 Å². The van der Waals surface area contributed by atoms with E-state index in [9.17, 15) is 4.79 Å². The Morgan fingerprint density at radius 3 is 2.57 bits per heavy atom. The summed E-state index contributed by atoms with van der Waals surface area (Å²) in [7, 11) is 3.33. The highest BCUT2D eigenvalue weighted by atomic mass is 16.5. The van der Waals surface area contributed by atoms with Gasteiger partial charge in [0.25, 0.3) is 0 Å². The van der Waals surface area contributed by atoms with E-state index in [1.807, 2.05) is 25.1 Å². The molecule has 0 radical (unpaired) electrons. The van der Waals surface area contributed by atoms with Gasteiger partial charge in [-0.2, -0.15) is 0 Å². The lowest BCUT2D eigenvalue weighted by Crippen LogP contribution is -2.48. The zero-order valence-electron chi connectivity index (χ0n) is 12.9. The molecule has 0 spiro atoms. The first-order chi connectivity index (χ1) is 10.2. The minimum absolute atomic E-state index is 0.0658. The van der Waals surface area contributed by atoms with Gasteiger partial charge >= 0.3 is 0 Å². The van der Waals surface area contributed by atoms with E-state index in [0.29, 0.717) is 6.54 Å². The SMILES string of the molecule is CCNC(=O)C1CC(c2c(OC)cccc2OC)CCN1. The predicted molar refractivity (Wildman–Crippen MR) is 82.0 cm³/mol. The summed E-state index contributed by atoms with van der Waals surface area (Å²) in [6, 6.07) is 5.66. The third kappa shape index (κ3) is 3.47. The van der Waals surface area contributed by atoms with Crippen LogP contribution in [0.4, 0.5) is 0 Å². The molecule has 5 nitrogen and oxygen atoms in total. The van der Waals surface area contributed by atoms with Gasteiger partial charge in [0.2, 0.25) is 5.91 Å². The number of hydrogen-bond acceptors (Lipinski definition) is 4. The minimum Gasteiger partial charge on any atom is -0.496 e. The van der Waals surface area contributed by atoms with Crippen molar-refractivity contribution in [3.63, 3.8) is 0 Å². The summed E-state index contributed by atoms with van der Waals surface area (Å²) in [5, 5.41) is 6.17. The molecule has 0 bridgehead atoms.